The van der Waals surface area contributed by atoms with Crippen molar-refractivity contribution in [3.63, 3.8) is 0 Å². The topological polar surface area (TPSA) is 43.1 Å². The van der Waals surface area contributed by atoms with Crippen molar-refractivity contribution in [3.8, 4) is 0 Å². The second-order valence-corrected chi connectivity index (χ2v) is 5.56. The van der Waals surface area contributed by atoms with Gasteiger partial charge in [-0.05, 0) is 25.5 Å². The van der Waals surface area contributed by atoms with Crippen LogP contribution in [0.3, 0.4) is 0 Å². The van der Waals surface area contributed by atoms with Crippen molar-refractivity contribution in [2.75, 3.05) is 0 Å². The molecule has 0 aliphatic rings. The second-order valence-electron chi connectivity index (χ2n) is 4.17. The van der Waals surface area contributed by atoms with Crippen molar-refractivity contribution < 1.29 is 0 Å². The fraction of sp³-hybridized carbons (Fsp3) is 0.154. The van der Waals surface area contributed by atoms with Crippen molar-refractivity contribution in [1.82, 2.24) is 19.6 Å². The van der Waals surface area contributed by atoms with Gasteiger partial charge in [-0.3, -0.25) is 0 Å². The van der Waals surface area contributed by atoms with Crippen LogP contribution < -0.4 is 0 Å². The molecule has 0 aliphatic heterocycles. The highest BCUT2D eigenvalue weighted by molar-refractivity contribution is 7.99. The van der Waals surface area contributed by atoms with Crippen LogP contribution in [0.15, 0.2) is 40.5 Å². The number of nitrogens with zero attached hydrogens (tertiary/aromatic N) is 4. The number of benzene rings is 1. The van der Waals surface area contributed by atoms with Crippen LogP contribution in [0.25, 0.3) is 5.78 Å². The van der Waals surface area contributed by atoms with E-state index in [1.54, 1.807) is 16.3 Å². The van der Waals surface area contributed by atoms with E-state index in [1.807, 2.05) is 19.1 Å². The Labute approximate surface area is 119 Å². The SMILES string of the molecule is Cc1ccccc1Sc1c(C)c(Cl)nc2ncnn12. The summed E-state index contributed by atoms with van der Waals surface area (Å²) in [4.78, 5) is 9.46. The fourth-order valence-corrected chi connectivity index (χ4v) is 3.04. The predicted octanol–water partition coefficient (Wildman–Crippen LogP) is 3.55. The molecule has 0 aliphatic carbocycles. The van der Waals surface area contributed by atoms with Gasteiger partial charge in [0.2, 0.25) is 0 Å². The molecule has 0 saturated carbocycles. The van der Waals surface area contributed by atoms with E-state index in [1.165, 1.54) is 16.8 Å². The first-order valence-electron chi connectivity index (χ1n) is 5.76. The first kappa shape index (κ1) is 12.4. The minimum Gasteiger partial charge on any atom is -0.199 e. The Morgan fingerprint density at radius 2 is 2.00 bits per heavy atom. The minimum absolute atomic E-state index is 0.469. The Hall–Kier alpha value is -1.59. The van der Waals surface area contributed by atoms with Crippen LogP contribution in [0.2, 0.25) is 5.15 Å². The minimum atomic E-state index is 0.469. The Balaban J connectivity index is 2.17. The third-order valence-corrected chi connectivity index (χ3v) is 4.57. The lowest BCUT2D eigenvalue weighted by molar-refractivity contribution is 0.825. The summed E-state index contributed by atoms with van der Waals surface area (Å²) in [5.74, 6) is 0.520. The van der Waals surface area contributed by atoms with Gasteiger partial charge in [-0.15, -0.1) is 0 Å². The summed E-state index contributed by atoms with van der Waals surface area (Å²) in [6.07, 6.45) is 1.49. The lowest BCUT2D eigenvalue weighted by Gasteiger charge is -2.10. The van der Waals surface area contributed by atoms with Gasteiger partial charge in [0.05, 0.1) is 0 Å². The normalized spacial score (nSPS) is 11.1. The van der Waals surface area contributed by atoms with Crippen LogP contribution >= 0.6 is 23.4 Å². The third kappa shape index (κ3) is 2.19. The summed E-state index contributed by atoms with van der Waals surface area (Å²) in [5.41, 5.74) is 2.13. The van der Waals surface area contributed by atoms with Crippen LogP contribution in [0, 0.1) is 13.8 Å². The Bertz CT molecular complexity index is 753. The van der Waals surface area contributed by atoms with Gasteiger partial charge in [0, 0.05) is 10.5 Å². The molecule has 4 nitrogen and oxygen atoms in total. The first-order chi connectivity index (χ1) is 9.16. The Morgan fingerprint density at radius 1 is 1.21 bits per heavy atom. The number of rotatable bonds is 2. The molecule has 0 bridgehead atoms. The zero-order valence-corrected chi connectivity index (χ0v) is 12.0. The molecule has 96 valence electrons. The fourth-order valence-electron chi connectivity index (χ4n) is 1.77. The van der Waals surface area contributed by atoms with E-state index in [0.717, 1.165) is 10.6 Å². The van der Waals surface area contributed by atoms with E-state index in [9.17, 15) is 0 Å². The van der Waals surface area contributed by atoms with Gasteiger partial charge < -0.3 is 0 Å². The van der Waals surface area contributed by atoms with E-state index in [0.29, 0.717) is 10.9 Å². The Morgan fingerprint density at radius 3 is 2.79 bits per heavy atom. The summed E-state index contributed by atoms with van der Waals surface area (Å²) in [5, 5.41) is 5.63. The number of aromatic nitrogens is 4. The number of fused-ring (bicyclic) bond motifs is 1. The van der Waals surface area contributed by atoms with E-state index >= 15 is 0 Å². The molecule has 0 spiro atoms. The highest BCUT2D eigenvalue weighted by atomic mass is 35.5. The van der Waals surface area contributed by atoms with Gasteiger partial charge in [-0.2, -0.15) is 19.6 Å². The van der Waals surface area contributed by atoms with Crippen LogP contribution in [0.4, 0.5) is 0 Å². The van der Waals surface area contributed by atoms with Crippen molar-refractivity contribution in [2.24, 2.45) is 0 Å². The van der Waals surface area contributed by atoms with Gasteiger partial charge >= 0.3 is 0 Å². The quantitative estimate of drug-likeness (QED) is 0.677. The molecule has 2 heterocycles. The molecule has 3 rings (SSSR count). The van der Waals surface area contributed by atoms with Crippen molar-refractivity contribution in [1.29, 1.82) is 0 Å². The van der Waals surface area contributed by atoms with Gasteiger partial charge in [-0.1, -0.05) is 41.6 Å². The van der Waals surface area contributed by atoms with Gasteiger partial charge in [-0.25, -0.2) is 0 Å². The number of hydrogen-bond acceptors (Lipinski definition) is 4. The predicted molar refractivity (Wildman–Crippen MR) is 75.8 cm³/mol. The molecule has 6 heteroatoms. The largest absolute Gasteiger partial charge is 0.254 e. The molecule has 19 heavy (non-hydrogen) atoms. The number of aryl methyl sites for hydroxylation is 1. The third-order valence-electron chi connectivity index (χ3n) is 2.85. The molecule has 0 saturated heterocycles. The average Bonchev–Trinajstić information content (AvgIpc) is 2.85. The van der Waals surface area contributed by atoms with E-state index < -0.39 is 0 Å². The molecular formula is C13H11ClN4S. The first-order valence-corrected chi connectivity index (χ1v) is 6.95. The summed E-state index contributed by atoms with van der Waals surface area (Å²) in [6.45, 7) is 4.02. The molecule has 0 amide bonds. The molecule has 0 N–H and O–H groups in total. The summed E-state index contributed by atoms with van der Waals surface area (Å²) >= 11 is 7.78. The molecule has 0 atom stereocenters. The summed E-state index contributed by atoms with van der Waals surface area (Å²) in [6, 6.07) is 8.21. The maximum absolute atomic E-state index is 6.15. The second kappa shape index (κ2) is 4.83. The van der Waals surface area contributed by atoms with Crippen molar-refractivity contribution in [3.05, 3.63) is 46.9 Å². The maximum atomic E-state index is 6.15. The van der Waals surface area contributed by atoms with E-state index in [4.69, 9.17) is 11.6 Å². The lowest BCUT2D eigenvalue weighted by Crippen LogP contribution is -2.00. The number of hydrogen-bond donors (Lipinski definition) is 0. The molecule has 0 fully saturated rings. The monoisotopic (exact) mass is 290 g/mol. The smallest absolute Gasteiger partial charge is 0.199 e. The summed E-state index contributed by atoms with van der Waals surface area (Å²) in [7, 11) is 0. The lowest BCUT2D eigenvalue weighted by atomic mass is 10.2. The zero-order chi connectivity index (χ0) is 13.4. The van der Waals surface area contributed by atoms with Crippen LogP contribution in [0.1, 0.15) is 11.1 Å². The molecule has 3 aromatic rings. The van der Waals surface area contributed by atoms with Gasteiger partial charge in [0.15, 0.2) is 0 Å². The standard InChI is InChI=1S/C13H11ClN4S/c1-8-5-3-4-6-10(8)19-12-9(2)11(14)17-13-15-7-16-18(12)13/h3-7H,1-2H3. The van der Waals surface area contributed by atoms with E-state index in [-0.39, 0.29) is 0 Å². The molecule has 0 unspecified atom stereocenters. The Kier molecular flexibility index (Phi) is 3.16. The van der Waals surface area contributed by atoms with Crippen LogP contribution in [-0.4, -0.2) is 19.6 Å². The van der Waals surface area contributed by atoms with Crippen LogP contribution in [0.5, 0.6) is 0 Å². The van der Waals surface area contributed by atoms with E-state index in [2.05, 4.69) is 34.1 Å². The maximum Gasteiger partial charge on any atom is 0.254 e. The van der Waals surface area contributed by atoms with Crippen molar-refractivity contribution >= 4 is 29.1 Å². The molecular weight excluding hydrogens is 280 g/mol. The summed E-state index contributed by atoms with van der Waals surface area (Å²) < 4.78 is 1.72. The van der Waals surface area contributed by atoms with Crippen molar-refractivity contribution in [2.45, 2.75) is 23.8 Å². The average molecular weight is 291 g/mol. The number of halogens is 1. The van der Waals surface area contributed by atoms with Gasteiger partial charge in [0.25, 0.3) is 5.78 Å². The highest BCUT2D eigenvalue weighted by Crippen LogP contribution is 2.34. The molecule has 2 aromatic heterocycles. The molecule has 0 radical (unpaired) electrons. The van der Waals surface area contributed by atoms with Crippen LogP contribution in [-0.2, 0) is 0 Å². The highest BCUT2D eigenvalue weighted by Gasteiger charge is 2.14. The van der Waals surface area contributed by atoms with Gasteiger partial charge in [0.1, 0.15) is 16.5 Å². The molecule has 1 aromatic carbocycles. The zero-order valence-electron chi connectivity index (χ0n) is 10.5.